The molecule has 0 heterocycles. The second kappa shape index (κ2) is 13.4. The zero-order chi connectivity index (χ0) is 24.3. The number of amides is 2. The third-order valence-electron chi connectivity index (χ3n) is 5.48. The van der Waals surface area contributed by atoms with E-state index < -0.39 is 6.04 Å². The van der Waals surface area contributed by atoms with Gasteiger partial charge in [0.1, 0.15) is 6.04 Å². The van der Waals surface area contributed by atoms with E-state index >= 15 is 0 Å². The van der Waals surface area contributed by atoms with Crippen LogP contribution in [0, 0.1) is 0 Å². The summed E-state index contributed by atoms with van der Waals surface area (Å²) in [6.07, 6.45) is 0.702. The molecule has 0 aliphatic heterocycles. The van der Waals surface area contributed by atoms with Crippen molar-refractivity contribution in [3.8, 4) is 0 Å². The van der Waals surface area contributed by atoms with Crippen LogP contribution >= 0.6 is 35.0 Å². The average molecular weight is 516 g/mol. The van der Waals surface area contributed by atoms with Gasteiger partial charge in [0.05, 0.1) is 0 Å². The Kier molecular flexibility index (Phi) is 10.3. The third-order valence-corrected chi connectivity index (χ3v) is 7.22. The van der Waals surface area contributed by atoms with E-state index in [1.54, 1.807) is 41.9 Å². The van der Waals surface area contributed by atoms with Crippen LogP contribution < -0.4 is 5.32 Å². The first kappa shape index (κ1) is 26.1. The van der Waals surface area contributed by atoms with E-state index in [4.69, 9.17) is 23.2 Å². The Bertz CT molecular complexity index is 1060. The highest BCUT2D eigenvalue weighted by atomic mass is 35.5. The summed E-state index contributed by atoms with van der Waals surface area (Å²) in [5.41, 5.74) is 2.82. The summed E-state index contributed by atoms with van der Waals surface area (Å²) >= 11 is 14.5. The molecule has 0 fully saturated rings. The number of hydrogen-bond donors (Lipinski definition) is 1. The summed E-state index contributed by atoms with van der Waals surface area (Å²) in [6.45, 7) is 0.158. The van der Waals surface area contributed by atoms with E-state index in [1.165, 1.54) is 5.56 Å². The SMILES string of the molecule is CNC(=O)C(Cc1ccccc1)N(Cc1c(Cl)cccc1Cl)C(=O)CCSCc1ccccc1. The molecule has 34 heavy (non-hydrogen) atoms. The summed E-state index contributed by atoms with van der Waals surface area (Å²) in [5.74, 6) is 1.14. The molecular formula is C27H28Cl2N2O2S. The van der Waals surface area contributed by atoms with Gasteiger partial charge in [0.15, 0.2) is 0 Å². The summed E-state index contributed by atoms with van der Waals surface area (Å²) in [4.78, 5) is 28.1. The number of thioether (sulfide) groups is 1. The van der Waals surface area contributed by atoms with Gasteiger partial charge in [-0.3, -0.25) is 9.59 Å². The number of nitrogens with one attached hydrogen (secondary N) is 1. The van der Waals surface area contributed by atoms with Crippen LogP contribution in [0.15, 0.2) is 78.9 Å². The third kappa shape index (κ3) is 7.52. The number of rotatable bonds is 11. The predicted octanol–water partition coefficient (Wildman–Crippen LogP) is 6.00. The van der Waals surface area contributed by atoms with Crippen molar-refractivity contribution in [1.82, 2.24) is 10.2 Å². The molecule has 0 bridgehead atoms. The molecule has 0 saturated heterocycles. The van der Waals surface area contributed by atoms with Crippen molar-refractivity contribution in [3.05, 3.63) is 106 Å². The first-order valence-electron chi connectivity index (χ1n) is 11.1. The highest BCUT2D eigenvalue weighted by molar-refractivity contribution is 7.98. The number of nitrogens with zero attached hydrogens (tertiary/aromatic N) is 1. The molecule has 0 aliphatic carbocycles. The normalized spacial score (nSPS) is 11.6. The van der Waals surface area contributed by atoms with E-state index in [2.05, 4.69) is 17.4 Å². The van der Waals surface area contributed by atoms with Crippen LogP contribution in [0.1, 0.15) is 23.1 Å². The van der Waals surface area contributed by atoms with Crippen molar-refractivity contribution in [3.63, 3.8) is 0 Å². The fourth-order valence-electron chi connectivity index (χ4n) is 3.64. The summed E-state index contributed by atoms with van der Waals surface area (Å²) in [5, 5.41) is 3.66. The number of hydrogen-bond acceptors (Lipinski definition) is 3. The number of carbonyl (C=O) groups excluding carboxylic acids is 2. The molecule has 1 N–H and O–H groups in total. The monoisotopic (exact) mass is 514 g/mol. The van der Waals surface area contributed by atoms with Crippen LogP contribution in [0.5, 0.6) is 0 Å². The molecule has 178 valence electrons. The van der Waals surface area contributed by atoms with Gasteiger partial charge in [0.25, 0.3) is 0 Å². The Labute approximate surface area is 215 Å². The summed E-state index contributed by atoms with van der Waals surface area (Å²) < 4.78 is 0. The Balaban J connectivity index is 1.80. The molecule has 3 aromatic carbocycles. The van der Waals surface area contributed by atoms with Gasteiger partial charge in [0.2, 0.25) is 11.8 Å². The summed E-state index contributed by atoms with van der Waals surface area (Å²) in [6, 6.07) is 24.4. The Hall–Kier alpha value is -2.47. The molecule has 3 aromatic rings. The number of likely N-dealkylation sites (N-methyl/N-ethyl adjacent to an activating group) is 1. The van der Waals surface area contributed by atoms with Crippen molar-refractivity contribution < 1.29 is 9.59 Å². The lowest BCUT2D eigenvalue weighted by atomic mass is 10.0. The molecule has 0 spiro atoms. The maximum Gasteiger partial charge on any atom is 0.242 e. The number of carbonyl (C=O) groups is 2. The molecule has 0 radical (unpaired) electrons. The molecule has 2 amide bonds. The van der Waals surface area contributed by atoms with E-state index in [9.17, 15) is 9.59 Å². The maximum absolute atomic E-state index is 13.5. The van der Waals surface area contributed by atoms with Crippen LogP contribution in [-0.2, 0) is 28.3 Å². The molecule has 0 aromatic heterocycles. The first-order valence-corrected chi connectivity index (χ1v) is 13.0. The van der Waals surface area contributed by atoms with E-state index in [-0.39, 0.29) is 18.4 Å². The Morgan fingerprint density at radius 3 is 2.06 bits per heavy atom. The zero-order valence-electron chi connectivity index (χ0n) is 19.0. The Morgan fingerprint density at radius 1 is 0.882 bits per heavy atom. The number of benzene rings is 3. The molecule has 0 saturated carbocycles. The van der Waals surface area contributed by atoms with Crippen molar-refractivity contribution in [2.75, 3.05) is 12.8 Å². The smallest absolute Gasteiger partial charge is 0.242 e. The van der Waals surface area contributed by atoms with Crippen LogP contribution in [0.2, 0.25) is 10.0 Å². The molecule has 7 heteroatoms. The van der Waals surface area contributed by atoms with Gasteiger partial charge in [-0.25, -0.2) is 0 Å². The number of halogens is 2. The van der Waals surface area contributed by atoms with E-state index in [0.717, 1.165) is 11.3 Å². The molecule has 3 rings (SSSR count). The highest BCUT2D eigenvalue weighted by Gasteiger charge is 2.30. The van der Waals surface area contributed by atoms with E-state index in [1.807, 2.05) is 48.5 Å². The molecule has 0 aliphatic rings. The molecule has 1 unspecified atom stereocenters. The lowest BCUT2D eigenvalue weighted by Gasteiger charge is -2.31. The van der Waals surface area contributed by atoms with Gasteiger partial charge in [0, 0.05) is 53.5 Å². The van der Waals surface area contributed by atoms with Crippen LogP contribution in [0.25, 0.3) is 0 Å². The lowest BCUT2D eigenvalue weighted by molar-refractivity contribution is -0.140. The maximum atomic E-state index is 13.5. The van der Waals surface area contributed by atoms with Gasteiger partial charge >= 0.3 is 0 Å². The van der Waals surface area contributed by atoms with Crippen LogP contribution in [-0.4, -0.2) is 35.6 Å². The minimum Gasteiger partial charge on any atom is -0.357 e. The fourth-order valence-corrected chi connectivity index (χ4v) is 5.05. The molecular weight excluding hydrogens is 487 g/mol. The van der Waals surface area contributed by atoms with Crippen molar-refractivity contribution in [2.24, 2.45) is 0 Å². The van der Waals surface area contributed by atoms with Crippen molar-refractivity contribution in [2.45, 2.75) is 31.2 Å². The fraction of sp³-hybridized carbons (Fsp3) is 0.259. The highest BCUT2D eigenvalue weighted by Crippen LogP contribution is 2.27. The zero-order valence-corrected chi connectivity index (χ0v) is 21.4. The molecule has 4 nitrogen and oxygen atoms in total. The van der Waals surface area contributed by atoms with Gasteiger partial charge in [-0.05, 0) is 23.3 Å². The second-order valence-corrected chi connectivity index (χ2v) is 9.75. The van der Waals surface area contributed by atoms with Gasteiger partial charge < -0.3 is 10.2 Å². The van der Waals surface area contributed by atoms with Crippen LogP contribution in [0.3, 0.4) is 0 Å². The van der Waals surface area contributed by atoms with Gasteiger partial charge in [-0.1, -0.05) is 89.9 Å². The lowest BCUT2D eigenvalue weighted by Crippen LogP contribution is -2.49. The van der Waals surface area contributed by atoms with Gasteiger partial charge in [-0.2, -0.15) is 11.8 Å². The largest absolute Gasteiger partial charge is 0.357 e. The van der Waals surface area contributed by atoms with E-state index in [0.29, 0.717) is 34.2 Å². The average Bonchev–Trinajstić information content (AvgIpc) is 2.86. The summed E-state index contributed by atoms with van der Waals surface area (Å²) in [7, 11) is 1.58. The molecule has 1 atom stereocenters. The minimum atomic E-state index is -0.689. The standard InChI is InChI=1S/C27H28Cl2N2O2S/c1-30-27(33)25(17-20-9-4-2-5-10-20)31(18-22-23(28)13-8-14-24(22)29)26(32)15-16-34-19-21-11-6-3-7-12-21/h2-14,25H,15-19H2,1H3,(H,30,33). The second-order valence-electron chi connectivity index (χ2n) is 7.83. The first-order chi connectivity index (χ1) is 16.5. The predicted molar refractivity (Wildman–Crippen MR) is 142 cm³/mol. The topological polar surface area (TPSA) is 49.4 Å². The van der Waals surface area contributed by atoms with Crippen molar-refractivity contribution in [1.29, 1.82) is 0 Å². The van der Waals surface area contributed by atoms with Gasteiger partial charge in [-0.15, -0.1) is 0 Å². The minimum absolute atomic E-state index is 0.110. The van der Waals surface area contributed by atoms with Crippen molar-refractivity contribution >= 4 is 46.8 Å². The van der Waals surface area contributed by atoms with Crippen LogP contribution in [0.4, 0.5) is 0 Å². The Morgan fingerprint density at radius 2 is 1.47 bits per heavy atom. The quantitative estimate of drug-likeness (QED) is 0.319.